The zero-order valence-electron chi connectivity index (χ0n) is 17.5. The molecule has 0 spiro atoms. The van der Waals surface area contributed by atoms with Crippen molar-refractivity contribution < 1.29 is 0 Å². The Labute approximate surface area is 186 Å². The van der Waals surface area contributed by atoms with Crippen LogP contribution in [-0.4, -0.2) is 35.3 Å². The van der Waals surface area contributed by atoms with Gasteiger partial charge in [-0.15, -0.1) is 23.2 Å². The summed E-state index contributed by atoms with van der Waals surface area (Å²) in [6.07, 6.45) is 4.47. The quantitative estimate of drug-likeness (QED) is 0.429. The van der Waals surface area contributed by atoms with Gasteiger partial charge in [-0.25, -0.2) is 0 Å². The number of aryl methyl sites for hydroxylation is 1. The van der Waals surface area contributed by atoms with Crippen LogP contribution in [0.25, 0.3) is 0 Å². The molecule has 2 nitrogen and oxygen atoms in total. The smallest absolute Gasteiger partial charge is 0.0587 e. The van der Waals surface area contributed by atoms with Crippen LogP contribution in [0, 0.1) is 11.3 Å². The summed E-state index contributed by atoms with van der Waals surface area (Å²) in [6, 6.07) is 21.5. The molecule has 1 fully saturated rings. The van der Waals surface area contributed by atoms with Crippen LogP contribution >= 0.6 is 23.2 Å². The Kier molecular flexibility index (Phi) is 10.6. The molecule has 2 aromatic carbocycles. The average molecular weight is 431 g/mol. The molecule has 4 heteroatoms. The Hall–Kier alpha value is -1.53. The Morgan fingerprint density at radius 1 is 0.966 bits per heavy atom. The van der Waals surface area contributed by atoms with Crippen molar-refractivity contribution in [1.29, 1.82) is 5.26 Å². The van der Waals surface area contributed by atoms with Crippen LogP contribution in [0.2, 0.25) is 0 Å². The highest BCUT2D eigenvalue weighted by Crippen LogP contribution is 2.44. The number of nitriles is 1. The fraction of sp³-hybridized carbons (Fsp3) is 0.480. The van der Waals surface area contributed by atoms with E-state index in [1.165, 1.54) is 30.0 Å². The van der Waals surface area contributed by atoms with Crippen LogP contribution in [0.15, 0.2) is 54.6 Å². The molecule has 1 aliphatic carbocycles. The van der Waals surface area contributed by atoms with E-state index in [-0.39, 0.29) is 10.8 Å². The predicted octanol–water partition coefficient (Wildman–Crippen LogP) is 6.42. The van der Waals surface area contributed by atoms with Gasteiger partial charge in [-0.3, -0.25) is 0 Å². The van der Waals surface area contributed by atoms with Crippen molar-refractivity contribution in [3.05, 3.63) is 71.3 Å². The molecule has 0 bridgehead atoms. The van der Waals surface area contributed by atoms with Crippen molar-refractivity contribution in [2.24, 2.45) is 0 Å². The van der Waals surface area contributed by atoms with Gasteiger partial charge < -0.3 is 4.90 Å². The van der Waals surface area contributed by atoms with E-state index in [2.05, 4.69) is 66.4 Å². The van der Waals surface area contributed by atoms with E-state index in [9.17, 15) is 0 Å². The molecule has 3 atom stereocenters. The van der Waals surface area contributed by atoms with Crippen LogP contribution in [0.5, 0.6) is 0 Å². The van der Waals surface area contributed by atoms with E-state index in [0.717, 1.165) is 38.9 Å². The van der Waals surface area contributed by atoms with Crippen LogP contribution in [0.4, 0.5) is 0 Å². The molecule has 1 saturated carbocycles. The molecule has 1 aliphatic rings. The molecule has 0 aliphatic heterocycles. The minimum Gasteiger partial charge on any atom is -0.303 e. The zero-order chi connectivity index (χ0) is 21.1. The maximum absolute atomic E-state index is 7.32. The molecule has 29 heavy (non-hydrogen) atoms. The molecule has 0 heterocycles. The number of benzene rings is 2. The summed E-state index contributed by atoms with van der Waals surface area (Å²) in [5.41, 5.74) is 4.18. The summed E-state index contributed by atoms with van der Waals surface area (Å²) < 4.78 is 0. The molecule has 0 N–H and O–H groups in total. The molecule has 0 radical (unpaired) electrons. The lowest BCUT2D eigenvalue weighted by molar-refractivity contribution is 0.288. The summed E-state index contributed by atoms with van der Waals surface area (Å²) >= 11 is 12.4. The third-order valence-electron chi connectivity index (χ3n) is 5.56. The molecule has 156 valence electrons. The topological polar surface area (TPSA) is 27.0 Å². The van der Waals surface area contributed by atoms with Gasteiger partial charge in [0.15, 0.2) is 0 Å². The van der Waals surface area contributed by atoms with Gasteiger partial charge in [0.2, 0.25) is 0 Å². The first kappa shape index (κ1) is 23.7. The lowest BCUT2D eigenvalue weighted by Gasteiger charge is -2.37. The lowest BCUT2D eigenvalue weighted by atomic mass is 9.78. The number of hydrogen-bond acceptors (Lipinski definition) is 2. The minimum atomic E-state index is 0.0882. The van der Waals surface area contributed by atoms with Gasteiger partial charge in [-0.05, 0) is 55.5 Å². The SMILES string of the molecule is CC#N.CCN(CCCc1ccc(C2CC(Cl)C2Cl)cc1)CCc1ccccc1. The second kappa shape index (κ2) is 12.9. The molecule has 3 unspecified atom stereocenters. The van der Waals surface area contributed by atoms with Gasteiger partial charge in [-0.2, -0.15) is 5.26 Å². The first-order chi connectivity index (χ1) is 14.1. The maximum atomic E-state index is 7.32. The molecule has 2 aromatic rings. The van der Waals surface area contributed by atoms with Crippen LogP contribution in [-0.2, 0) is 12.8 Å². The fourth-order valence-corrected chi connectivity index (χ4v) is 4.40. The van der Waals surface area contributed by atoms with Gasteiger partial charge in [0.1, 0.15) is 0 Å². The van der Waals surface area contributed by atoms with Crippen molar-refractivity contribution in [2.75, 3.05) is 19.6 Å². The summed E-state index contributed by atoms with van der Waals surface area (Å²) in [7, 11) is 0. The van der Waals surface area contributed by atoms with E-state index in [0.29, 0.717) is 5.92 Å². The normalized spacial score (nSPS) is 20.3. The third kappa shape index (κ3) is 7.67. The second-order valence-corrected chi connectivity index (χ2v) is 8.61. The van der Waals surface area contributed by atoms with Crippen LogP contribution in [0.1, 0.15) is 49.3 Å². The van der Waals surface area contributed by atoms with Gasteiger partial charge >= 0.3 is 0 Å². The highest BCUT2D eigenvalue weighted by molar-refractivity contribution is 6.31. The van der Waals surface area contributed by atoms with E-state index in [1.54, 1.807) is 6.07 Å². The Morgan fingerprint density at radius 3 is 2.14 bits per heavy atom. The summed E-state index contributed by atoms with van der Waals surface area (Å²) in [5, 5.41) is 7.54. The van der Waals surface area contributed by atoms with E-state index < -0.39 is 0 Å². The van der Waals surface area contributed by atoms with Gasteiger partial charge in [0.05, 0.1) is 16.8 Å². The first-order valence-electron chi connectivity index (χ1n) is 10.5. The molecular weight excluding hydrogens is 399 g/mol. The second-order valence-electron chi connectivity index (χ2n) is 7.54. The molecule has 0 amide bonds. The molecule has 0 saturated heterocycles. The van der Waals surface area contributed by atoms with Gasteiger partial charge in [0.25, 0.3) is 0 Å². The predicted molar refractivity (Wildman–Crippen MR) is 125 cm³/mol. The summed E-state index contributed by atoms with van der Waals surface area (Å²) in [5.74, 6) is 0.432. The van der Waals surface area contributed by atoms with Crippen molar-refractivity contribution in [2.45, 2.75) is 56.2 Å². The first-order valence-corrected chi connectivity index (χ1v) is 11.4. The van der Waals surface area contributed by atoms with Crippen molar-refractivity contribution >= 4 is 23.2 Å². The number of likely N-dealkylation sites (N-methyl/N-ethyl adjacent to an activating group) is 1. The molecule has 0 aromatic heterocycles. The minimum absolute atomic E-state index is 0.0882. The van der Waals surface area contributed by atoms with Crippen molar-refractivity contribution in [1.82, 2.24) is 4.90 Å². The molecular formula is C25H32Cl2N2. The lowest BCUT2D eigenvalue weighted by Crippen LogP contribution is -2.36. The van der Waals surface area contributed by atoms with Crippen LogP contribution < -0.4 is 0 Å². The van der Waals surface area contributed by atoms with Crippen molar-refractivity contribution in [3.63, 3.8) is 0 Å². The molecule has 3 rings (SSSR count). The highest BCUT2D eigenvalue weighted by atomic mass is 35.5. The fourth-order valence-electron chi connectivity index (χ4n) is 3.68. The number of halogens is 2. The van der Waals surface area contributed by atoms with Gasteiger partial charge in [0, 0.05) is 19.4 Å². The largest absolute Gasteiger partial charge is 0.303 e. The standard InChI is InChI=1S/C23H29Cl2N.C2H3N/c1-2-26(16-14-18-7-4-3-5-8-18)15-6-9-19-10-12-20(13-11-19)21-17-22(24)23(21)25;1-2-3/h3-5,7-8,10-13,21-23H,2,6,9,14-17H2,1H3;1H3. The Bertz CT molecular complexity index is 740. The number of nitrogens with zero attached hydrogens (tertiary/aromatic N) is 2. The third-order valence-corrected chi connectivity index (χ3v) is 6.75. The van der Waals surface area contributed by atoms with Gasteiger partial charge in [-0.1, -0.05) is 61.5 Å². The van der Waals surface area contributed by atoms with E-state index >= 15 is 0 Å². The van der Waals surface area contributed by atoms with E-state index in [4.69, 9.17) is 28.5 Å². The Balaban J connectivity index is 0.000000941. The summed E-state index contributed by atoms with van der Waals surface area (Å²) in [6.45, 7) is 7.10. The van der Waals surface area contributed by atoms with E-state index in [1.807, 2.05) is 0 Å². The van der Waals surface area contributed by atoms with Crippen molar-refractivity contribution in [3.8, 4) is 6.07 Å². The summed E-state index contributed by atoms with van der Waals surface area (Å²) in [4.78, 5) is 2.55. The average Bonchev–Trinajstić information content (AvgIpc) is 2.76. The maximum Gasteiger partial charge on any atom is 0.0587 e. The zero-order valence-corrected chi connectivity index (χ0v) is 19.0. The monoisotopic (exact) mass is 430 g/mol. The van der Waals surface area contributed by atoms with Crippen LogP contribution in [0.3, 0.4) is 0 Å². The Morgan fingerprint density at radius 2 is 1.59 bits per heavy atom. The number of hydrogen-bond donors (Lipinski definition) is 0. The highest BCUT2D eigenvalue weighted by Gasteiger charge is 2.39. The number of alkyl halides is 2. The number of rotatable bonds is 9.